The van der Waals surface area contributed by atoms with Crippen LogP contribution in [0.2, 0.25) is 0 Å². The van der Waals surface area contributed by atoms with Gasteiger partial charge in [0.1, 0.15) is 11.8 Å². The van der Waals surface area contributed by atoms with Crippen molar-refractivity contribution in [1.82, 2.24) is 0 Å². The van der Waals surface area contributed by atoms with Gasteiger partial charge in [0.2, 0.25) is 0 Å². The molecule has 1 atom stereocenters. The van der Waals surface area contributed by atoms with Crippen LogP contribution in [0.4, 0.5) is 5.69 Å². The highest BCUT2D eigenvalue weighted by atomic mass is 16.3. The van der Waals surface area contributed by atoms with Crippen LogP contribution in [0.25, 0.3) is 0 Å². The number of rotatable bonds is 5. The highest BCUT2D eigenvalue weighted by Gasteiger charge is 2.08. The van der Waals surface area contributed by atoms with Crippen molar-refractivity contribution in [2.45, 2.75) is 32.7 Å². The number of hydrogen-bond acceptors (Lipinski definition) is 3. The van der Waals surface area contributed by atoms with E-state index in [0.717, 1.165) is 35.4 Å². The SMILES string of the molecule is Cc1cccc(NC(C)CCc2ccco2)c1C#N. The molecule has 2 rings (SSSR count). The van der Waals surface area contributed by atoms with E-state index in [4.69, 9.17) is 4.42 Å². The Bertz CT molecular complexity index is 567. The van der Waals surface area contributed by atoms with Gasteiger partial charge in [-0.1, -0.05) is 12.1 Å². The number of hydrogen-bond donors (Lipinski definition) is 1. The van der Waals surface area contributed by atoms with Crippen molar-refractivity contribution in [2.24, 2.45) is 0 Å². The van der Waals surface area contributed by atoms with Gasteiger partial charge in [-0.05, 0) is 44.0 Å². The Morgan fingerprint density at radius 1 is 1.32 bits per heavy atom. The van der Waals surface area contributed by atoms with Gasteiger partial charge in [0.15, 0.2) is 0 Å². The summed E-state index contributed by atoms with van der Waals surface area (Å²) in [4.78, 5) is 0. The molecular formula is C16H18N2O. The normalized spacial score (nSPS) is 11.8. The van der Waals surface area contributed by atoms with Gasteiger partial charge in [-0.3, -0.25) is 0 Å². The maximum Gasteiger partial charge on any atom is 0.103 e. The zero-order valence-electron chi connectivity index (χ0n) is 11.3. The molecule has 1 N–H and O–H groups in total. The smallest absolute Gasteiger partial charge is 0.103 e. The first-order chi connectivity index (χ1) is 9.20. The van der Waals surface area contributed by atoms with E-state index in [9.17, 15) is 5.26 Å². The predicted octanol–water partition coefficient (Wildman–Crippen LogP) is 3.89. The topological polar surface area (TPSA) is 49.0 Å². The van der Waals surface area contributed by atoms with E-state index < -0.39 is 0 Å². The lowest BCUT2D eigenvalue weighted by atomic mass is 10.1. The van der Waals surface area contributed by atoms with Gasteiger partial charge in [0, 0.05) is 12.5 Å². The third-order valence-electron chi connectivity index (χ3n) is 3.19. The van der Waals surface area contributed by atoms with Crippen molar-refractivity contribution in [1.29, 1.82) is 5.26 Å². The molecule has 0 fully saturated rings. The molecule has 0 saturated heterocycles. The monoisotopic (exact) mass is 254 g/mol. The number of nitrogens with one attached hydrogen (secondary N) is 1. The Morgan fingerprint density at radius 2 is 2.16 bits per heavy atom. The van der Waals surface area contributed by atoms with Crippen LogP contribution in [0, 0.1) is 18.3 Å². The van der Waals surface area contributed by atoms with Gasteiger partial charge in [-0.2, -0.15) is 5.26 Å². The summed E-state index contributed by atoms with van der Waals surface area (Å²) in [6.07, 6.45) is 3.56. The van der Waals surface area contributed by atoms with Gasteiger partial charge in [0.25, 0.3) is 0 Å². The highest BCUT2D eigenvalue weighted by molar-refractivity contribution is 5.60. The van der Waals surface area contributed by atoms with Gasteiger partial charge < -0.3 is 9.73 Å². The van der Waals surface area contributed by atoms with E-state index in [0.29, 0.717) is 6.04 Å². The molecule has 0 aliphatic rings. The number of aryl methyl sites for hydroxylation is 2. The first kappa shape index (κ1) is 13.2. The molecule has 0 saturated carbocycles. The van der Waals surface area contributed by atoms with E-state index in [1.807, 2.05) is 37.3 Å². The molecule has 0 bridgehead atoms. The van der Waals surface area contributed by atoms with E-state index >= 15 is 0 Å². The lowest BCUT2D eigenvalue weighted by molar-refractivity contribution is 0.495. The zero-order chi connectivity index (χ0) is 13.7. The van der Waals surface area contributed by atoms with Crippen molar-refractivity contribution in [3.8, 4) is 6.07 Å². The zero-order valence-corrected chi connectivity index (χ0v) is 11.3. The van der Waals surface area contributed by atoms with Gasteiger partial charge in [0.05, 0.1) is 17.5 Å². The molecule has 0 aliphatic carbocycles. The molecule has 0 radical (unpaired) electrons. The Kier molecular flexibility index (Phi) is 4.25. The molecule has 1 aromatic carbocycles. The number of nitrogens with zero attached hydrogens (tertiary/aromatic N) is 1. The van der Waals surface area contributed by atoms with Crippen molar-refractivity contribution >= 4 is 5.69 Å². The maximum absolute atomic E-state index is 9.19. The molecule has 1 aromatic heterocycles. The summed E-state index contributed by atoms with van der Waals surface area (Å²) in [7, 11) is 0. The Morgan fingerprint density at radius 3 is 2.84 bits per heavy atom. The van der Waals surface area contributed by atoms with Crippen LogP contribution in [-0.4, -0.2) is 6.04 Å². The Hall–Kier alpha value is -2.21. The van der Waals surface area contributed by atoms with Crippen molar-refractivity contribution in [3.05, 3.63) is 53.5 Å². The molecule has 1 unspecified atom stereocenters. The summed E-state index contributed by atoms with van der Waals surface area (Å²) in [5, 5.41) is 12.6. The second-order valence-corrected chi connectivity index (χ2v) is 4.77. The van der Waals surface area contributed by atoms with Crippen LogP contribution < -0.4 is 5.32 Å². The molecule has 1 heterocycles. The number of benzene rings is 1. The van der Waals surface area contributed by atoms with E-state index in [2.05, 4.69) is 18.3 Å². The van der Waals surface area contributed by atoms with Gasteiger partial charge >= 0.3 is 0 Å². The Balaban J connectivity index is 1.97. The second kappa shape index (κ2) is 6.10. The molecule has 98 valence electrons. The van der Waals surface area contributed by atoms with E-state index in [1.54, 1.807) is 6.26 Å². The van der Waals surface area contributed by atoms with Crippen molar-refractivity contribution in [2.75, 3.05) is 5.32 Å². The lowest BCUT2D eigenvalue weighted by Crippen LogP contribution is -2.17. The number of nitriles is 1. The fourth-order valence-electron chi connectivity index (χ4n) is 2.09. The minimum Gasteiger partial charge on any atom is -0.469 e. The molecular weight excluding hydrogens is 236 g/mol. The summed E-state index contributed by atoms with van der Waals surface area (Å²) >= 11 is 0. The summed E-state index contributed by atoms with van der Waals surface area (Å²) in [5.74, 6) is 0.999. The van der Waals surface area contributed by atoms with Crippen molar-refractivity contribution < 1.29 is 4.42 Å². The van der Waals surface area contributed by atoms with Gasteiger partial charge in [-0.15, -0.1) is 0 Å². The highest BCUT2D eigenvalue weighted by Crippen LogP contribution is 2.20. The Labute approximate surface area is 113 Å². The van der Waals surface area contributed by atoms with Crippen LogP contribution >= 0.6 is 0 Å². The predicted molar refractivity (Wildman–Crippen MR) is 76.0 cm³/mol. The number of anilines is 1. The lowest BCUT2D eigenvalue weighted by Gasteiger charge is -2.16. The quantitative estimate of drug-likeness (QED) is 0.880. The average molecular weight is 254 g/mol. The van der Waals surface area contributed by atoms with Crippen LogP contribution in [0.5, 0.6) is 0 Å². The second-order valence-electron chi connectivity index (χ2n) is 4.77. The molecule has 19 heavy (non-hydrogen) atoms. The summed E-state index contributed by atoms with van der Waals surface area (Å²) < 4.78 is 5.32. The molecule has 3 heteroatoms. The third-order valence-corrected chi connectivity index (χ3v) is 3.19. The molecule has 0 amide bonds. The van der Waals surface area contributed by atoms with Crippen LogP contribution in [-0.2, 0) is 6.42 Å². The maximum atomic E-state index is 9.19. The van der Waals surface area contributed by atoms with E-state index in [1.165, 1.54) is 0 Å². The van der Waals surface area contributed by atoms with Crippen LogP contribution in [0.1, 0.15) is 30.2 Å². The fourth-order valence-corrected chi connectivity index (χ4v) is 2.09. The molecule has 2 aromatic rings. The largest absolute Gasteiger partial charge is 0.469 e. The first-order valence-corrected chi connectivity index (χ1v) is 6.49. The summed E-state index contributed by atoms with van der Waals surface area (Å²) in [6, 6.07) is 12.3. The van der Waals surface area contributed by atoms with Crippen LogP contribution in [0.15, 0.2) is 41.0 Å². The molecule has 3 nitrogen and oxygen atoms in total. The van der Waals surface area contributed by atoms with Gasteiger partial charge in [-0.25, -0.2) is 0 Å². The third kappa shape index (κ3) is 3.38. The number of furan rings is 1. The average Bonchev–Trinajstić information content (AvgIpc) is 2.90. The molecule has 0 aliphatic heterocycles. The summed E-state index contributed by atoms with van der Waals surface area (Å²) in [6.45, 7) is 4.07. The summed E-state index contributed by atoms with van der Waals surface area (Å²) in [5.41, 5.74) is 2.65. The minimum atomic E-state index is 0.291. The minimum absolute atomic E-state index is 0.291. The van der Waals surface area contributed by atoms with E-state index in [-0.39, 0.29) is 0 Å². The first-order valence-electron chi connectivity index (χ1n) is 6.49. The van der Waals surface area contributed by atoms with Crippen molar-refractivity contribution in [3.63, 3.8) is 0 Å². The fraction of sp³-hybridized carbons (Fsp3) is 0.312. The van der Waals surface area contributed by atoms with Crippen LogP contribution in [0.3, 0.4) is 0 Å². The molecule has 0 spiro atoms. The standard InChI is InChI=1S/C16H18N2O/c1-12-5-3-7-16(15(12)11-17)18-13(2)8-9-14-6-4-10-19-14/h3-7,10,13,18H,8-9H2,1-2H3.